The first-order chi connectivity index (χ1) is 8.69. The number of anilines is 1. The number of aryl methyl sites for hydroxylation is 2. The van der Waals surface area contributed by atoms with Crippen LogP contribution in [0.4, 0.5) is 5.69 Å². The Bertz CT molecular complexity index is 582. The topological polar surface area (TPSA) is 35.8 Å². The van der Waals surface area contributed by atoms with Crippen LogP contribution in [0, 0.1) is 25.3 Å². The zero-order valence-corrected chi connectivity index (χ0v) is 12.1. The average Bonchev–Trinajstić information content (AvgIpc) is 2.36. The second-order valence-electron chi connectivity index (χ2n) is 4.15. The van der Waals surface area contributed by atoms with Crippen molar-refractivity contribution < 1.29 is 0 Å². The summed E-state index contributed by atoms with van der Waals surface area (Å²) in [5, 5.41) is 11.5. The molecule has 0 unspecified atom stereocenters. The standard InChI is InChI=1S/C15H14N2Se/c1-11-3-6-13(7-4-11)18-15-9-12(2)5-8-14(15)17-10-16/h3-9,17H,1-2H3. The molecule has 0 aliphatic rings. The van der Waals surface area contributed by atoms with Crippen LogP contribution in [0.5, 0.6) is 0 Å². The Morgan fingerprint density at radius 2 is 1.67 bits per heavy atom. The minimum absolute atomic E-state index is 0.221. The summed E-state index contributed by atoms with van der Waals surface area (Å²) in [7, 11) is 0. The quantitative estimate of drug-likeness (QED) is 0.533. The second-order valence-corrected chi connectivity index (χ2v) is 6.49. The van der Waals surface area contributed by atoms with Crippen LogP contribution >= 0.6 is 0 Å². The van der Waals surface area contributed by atoms with Crippen LogP contribution < -0.4 is 14.2 Å². The van der Waals surface area contributed by atoms with Gasteiger partial charge >= 0.3 is 114 Å². The van der Waals surface area contributed by atoms with Crippen LogP contribution in [0.25, 0.3) is 0 Å². The summed E-state index contributed by atoms with van der Waals surface area (Å²) in [6, 6.07) is 14.7. The van der Waals surface area contributed by atoms with Gasteiger partial charge in [-0.1, -0.05) is 0 Å². The summed E-state index contributed by atoms with van der Waals surface area (Å²) in [5.41, 5.74) is 3.42. The first-order valence-corrected chi connectivity index (χ1v) is 7.40. The molecule has 0 heterocycles. The molecule has 18 heavy (non-hydrogen) atoms. The number of benzene rings is 2. The van der Waals surface area contributed by atoms with Crippen molar-refractivity contribution in [3.8, 4) is 6.19 Å². The summed E-state index contributed by atoms with van der Waals surface area (Å²) >= 11 is 0.221. The van der Waals surface area contributed by atoms with Gasteiger partial charge < -0.3 is 0 Å². The molecule has 0 fully saturated rings. The fraction of sp³-hybridized carbons (Fsp3) is 0.133. The fourth-order valence-electron chi connectivity index (χ4n) is 1.61. The van der Waals surface area contributed by atoms with Gasteiger partial charge in [-0.3, -0.25) is 0 Å². The van der Waals surface area contributed by atoms with E-state index in [9.17, 15) is 0 Å². The predicted molar refractivity (Wildman–Crippen MR) is 76.6 cm³/mol. The van der Waals surface area contributed by atoms with E-state index in [0.29, 0.717) is 0 Å². The van der Waals surface area contributed by atoms with Crippen LogP contribution in [0.15, 0.2) is 42.5 Å². The molecule has 0 aliphatic heterocycles. The van der Waals surface area contributed by atoms with Crippen molar-refractivity contribution in [2.75, 3.05) is 5.32 Å². The van der Waals surface area contributed by atoms with Crippen molar-refractivity contribution >= 4 is 29.6 Å². The number of hydrogen-bond acceptors (Lipinski definition) is 2. The maximum atomic E-state index is 8.76. The molecule has 0 spiro atoms. The second kappa shape index (κ2) is 5.73. The van der Waals surface area contributed by atoms with E-state index in [0.717, 1.165) is 5.69 Å². The van der Waals surface area contributed by atoms with Gasteiger partial charge in [-0.2, -0.15) is 0 Å². The summed E-state index contributed by atoms with van der Waals surface area (Å²) in [4.78, 5) is 0. The molecule has 0 saturated carbocycles. The molecular weight excluding hydrogens is 287 g/mol. The van der Waals surface area contributed by atoms with Gasteiger partial charge in [0.05, 0.1) is 0 Å². The number of nitrogens with one attached hydrogen (secondary N) is 1. The van der Waals surface area contributed by atoms with Crippen molar-refractivity contribution in [3.05, 3.63) is 53.6 Å². The van der Waals surface area contributed by atoms with E-state index in [2.05, 4.69) is 49.5 Å². The first kappa shape index (κ1) is 12.7. The SMILES string of the molecule is Cc1ccc([Se]c2cc(C)ccc2NC#N)cc1. The van der Waals surface area contributed by atoms with Gasteiger partial charge in [0, 0.05) is 0 Å². The number of rotatable bonds is 3. The normalized spacial score (nSPS) is 9.83. The summed E-state index contributed by atoms with van der Waals surface area (Å²) in [6.45, 7) is 4.16. The molecule has 2 nitrogen and oxygen atoms in total. The molecule has 0 amide bonds. The first-order valence-electron chi connectivity index (χ1n) is 5.69. The molecule has 0 bridgehead atoms. The van der Waals surface area contributed by atoms with E-state index in [1.54, 1.807) is 0 Å². The van der Waals surface area contributed by atoms with Crippen LogP contribution in [-0.2, 0) is 0 Å². The van der Waals surface area contributed by atoms with E-state index in [-0.39, 0.29) is 15.0 Å². The van der Waals surface area contributed by atoms with Crippen LogP contribution in [0.1, 0.15) is 11.1 Å². The molecule has 0 saturated heterocycles. The van der Waals surface area contributed by atoms with Crippen molar-refractivity contribution in [2.24, 2.45) is 0 Å². The molecule has 0 radical (unpaired) electrons. The minimum atomic E-state index is 0.221. The Morgan fingerprint density at radius 3 is 2.33 bits per heavy atom. The van der Waals surface area contributed by atoms with Crippen LogP contribution in [-0.4, -0.2) is 15.0 Å². The summed E-state index contributed by atoms with van der Waals surface area (Å²) in [5.74, 6) is 0. The van der Waals surface area contributed by atoms with E-state index >= 15 is 0 Å². The van der Waals surface area contributed by atoms with Crippen molar-refractivity contribution in [2.45, 2.75) is 13.8 Å². The summed E-state index contributed by atoms with van der Waals surface area (Å²) < 4.78 is 2.53. The fourth-order valence-corrected chi connectivity index (χ4v) is 3.71. The predicted octanol–water partition coefficient (Wildman–Crippen LogP) is 1.85. The van der Waals surface area contributed by atoms with Crippen molar-refractivity contribution in [3.63, 3.8) is 0 Å². The van der Waals surface area contributed by atoms with E-state index in [4.69, 9.17) is 5.26 Å². The Morgan fingerprint density at radius 1 is 1.00 bits per heavy atom. The zero-order valence-electron chi connectivity index (χ0n) is 10.4. The van der Waals surface area contributed by atoms with Gasteiger partial charge in [0.1, 0.15) is 0 Å². The van der Waals surface area contributed by atoms with Gasteiger partial charge in [0.15, 0.2) is 0 Å². The van der Waals surface area contributed by atoms with Gasteiger partial charge in [0.25, 0.3) is 0 Å². The zero-order chi connectivity index (χ0) is 13.0. The molecule has 2 aromatic carbocycles. The van der Waals surface area contributed by atoms with Gasteiger partial charge in [-0.25, -0.2) is 0 Å². The molecular formula is C15H14N2Se. The average molecular weight is 301 g/mol. The number of nitriles is 1. The Balaban J connectivity index is 2.30. The molecule has 0 atom stereocenters. The van der Waals surface area contributed by atoms with E-state index in [1.807, 2.05) is 18.3 Å². The van der Waals surface area contributed by atoms with Gasteiger partial charge in [0.2, 0.25) is 0 Å². The van der Waals surface area contributed by atoms with E-state index in [1.165, 1.54) is 20.1 Å². The van der Waals surface area contributed by atoms with E-state index < -0.39 is 0 Å². The molecule has 1 N–H and O–H groups in total. The van der Waals surface area contributed by atoms with Crippen LogP contribution in [0.3, 0.4) is 0 Å². The monoisotopic (exact) mass is 302 g/mol. The molecule has 2 aromatic rings. The Labute approximate surface area is 114 Å². The molecule has 0 aliphatic carbocycles. The van der Waals surface area contributed by atoms with Gasteiger partial charge in [-0.05, 0) is 0 Å². The maximum absolute atomic E-state index is 8.76. The van der Waals surface area contributed by atoms with Gasteiger partial charge in [-0.15, -0.1) is 0 Å². The molecule has 0 aromatic heterocycles. The summed E-state index contributed by atoms with van der Waals surface area (Å²) in [6.07, 6.45) is 2.00. The molecule has 90 valence electrons. The third-order valence-corrected chi connectivity index (χ3v) is 4.81. The third-order valence-electron chi connectivity index (χ3n) is 2.58. The van der Waals surface area contributed by atoms with Crippen LogP contribution in [0.2, 0.25) is 0 Å². The Kier molecular flexibility index (Phi) is 4.04. The Hall–Kier alpha value is -1.75. The number of nitrogens with zero attached hydrogens (tertiary/aromatic N) is 1. The molecule has 3 heteroatoms. The number of hydrogen-bond donors (Lipinski definition) is 1. The van der Waals surface area contributed by atoms with Crippen molar-refractivity contribution in [1.29, 1.82) is 5.26 Å². The van der Waals surface area contributed by atoms with Crippen molar-refractivity contribution in [1.82, 2.24) is 0 Å². The molecule has 2 rings (SSSR count). The third kappa shape index (κ3) is 3.13.